The molecule has 0 bridgehead atoms. The second kappa shape index (κ2) is 4.45. The molecule has 0 saturated carbocycles. The number of ether oxygens (including phenoxy) is 1. The molecule has 92 valence electrons. The van der Waals surface area contributed by atoms with Crippen LogP contribution in [0.15, 0.2) is 6.33 Å². The molecule has 2 heterocycles. The van der Waals surface area contributed by atoms with Crippen molar-refractivity contribution in [3.63, 3.8) is 0 Å². The van der Waals surface area contributed by atoms with E-state index in [0.717, 1.165) is 4.68 Å². The van der Waals surface area contributed by atoms with Gasteiger partial charge < -0.3 is 20.7 Å². The Bertz CT molecular complexity index is 450. The third-order valence-electron chi connectivity index (χ3n) is 2.40. The van der Waals surface area contributed by atoms with E-state index in [0.29, 0.717) is 0 Å². The standard InChI is InChI=1S/C8H10N4O4S/c9-6(15)7-10-2-12(11-7)8-5(14)4(13)3(1-17)16-8/h1-5,8,13-14H,(H2,9,15)/t3-,4-,5-,8?/m1/s1. The van der Waals surface area contributed by atoms with Crippen LogP contribution < -0.4 is 5.73 Å². The van der Waals surface area contributed by atoms with Gasteiger partial charge in [-0.15, -0.1) is 5.10 Å². The van der Waals surface area contributed by atoms with Gasteiger partial charge in [-0.1, -0.05) is 12.2 Å². The van der Waals surface area contributed by atoms with Gasteiger partial charge in [0.1, 0.15) is 24.6 Å². The van der Waals surface area contributed by atoms with E-state index in [9.17, 15) is 15.0 Å². The second-order valence-corrected chi connectivity index (χ2v) is 3.79. The molecule has 1 unspecified atom stereocenters. The van der Waals surface area contributed by atoms with E-state index in [1.165, 1.54) is 11.7 Å². The SMILES string of the molecule is NC(=O)c1ncn(C2O[C@H](C=S)[C@@H](O)[C@H]2O)n1. The Morgan fingerprint density at radius 3 is 2.76 bits per heavy atom. The summed E-state index contributed by atoms with van der Waals surface area (Å²) in [5, 5.41) is 24.2. The molecule has 0 aromatic carbocycles. The lowest BCUT2D eigenvalue weighted by Crippen LogP contribution is -2.32. The summed E-state index contributed by atoms with van der Waals surface area (Å²) in [6, 6.07) is 0. The van der Waals surface area contributed by atoms with E-state index in [1.807, 2.05) is 0 Å². The zero-order valence-electron chi connectivity index (χ0n) is 8.50. The Kier molecular flexibility index (Phi) is 3.15. The van der Waals surface area contributed by atoms with E-state index in [4.69, 9.17) is 10.5 Å². The number of amides is 1. The van der Waals surface area contributed by atoms with Crippen molar-refractivity contribution in [2.24, 2.45) is 5.73 Å². The van der Waals surface area contributed by atoms with Crippen LogP contribution in [-0.2, 0) is 4.74 Å². The van der Waals surface area contributed by atoms with Crippen LogP contribution in [0.3, 0.4) is 0 Å². The summed E-state index contributed by atoms with van der Waals surface area (Å²) < 4.78 is 6.38. The molecule has 1 aromatic heterocycles. The van der Waals surface area contributed by atoms with E-state index in [1.54, 1.807) is 0 Å². The lowest BCUT2D eigenvalue weighted by atomic mass is 10.1. The topological polar surface area (TPSA) is 123 Å². The number of carbonyl (C=O) groups excluding carboxylic acids is 1. The first-order valence-corrected chi connectivity index (χ1v) is 5.19. The number of nitrogens with zero attached hydrogens (tertiary/aromatic N) is 3. The van der Waals surface area contributed by atoms with Crippen molar-refractivity contribution in [2.75, 3.05) is 0 Å². The molecule has 9 heteroatoms. The van der Waals surface area contributed by atoms with Gasteiger partial charge in [0.15, 0.2) is 6.23 Å². The fraction of sp³-hybridized carbons (Fsp3) is 0.500. The molecule has 17 heavy (non-hydrogen) atoms. The maximum Gasteiger partial charge on any atom is 0.288 e. The Labute approximate surface area is 101 Å². The summed E-state index contributed by atoms with van der Waals surface area (Å²) in [5.74, 6) is -0.982. The number of rotatable bonds is 3. The number of primary amides is 1. The lowest BCUT2D eigenvalue weighted by molar-refractivity contribution is -0.0311. The Hall–Kier alpha value is -1.42. The van der Waals surface area contributed by atoms with Crippen molar-refractivity contribution >= 4 is 23.5 Å². The number of aromatic nitrogens is 3. The zero-order chi connectivity index (χ0) is 12.6. The van der Waals surface area contributed by atoms with Gasteiger partial charge in [0, 0.05) is 5.37 Å². The number of aliphatic hydroxyl groups is 2. The van der Waals surface area contributed by atoms with Gasteiger partial charge in [-0.2, -0.15) is 0 Å². The number of nitrogens with two attached hydrogens (primary N) is 1. The highest BCUT2D eigenvalue weighted by Gasteiger charge is 2.43. The minimum absolute atomic E-state index is 0.193. The number of aliphatic hydroxyl groups excluding tert-OH is 2. The summed E-state index contributed by atoms with van der Waals surface area (Å²) in [5.41, 5.74) is 4.99. The van der Waals surface area contributed by atoms with Crippen LogP contribution in [-0.4, -0.2) is 54.6 Å². The molecular formula is C8H10N4O4S. The third-order valence-corrected chi connectivity index (χ3v) is 2.67. The number of carbonyl (C=O) groups is 1. The Balaban J connectivity index is 2.22. The number of thiocarbonyl (C=S) groups is 1. The van der Waals surface area contributed by atoms with Crippen LogP contribution in [0.5, 0.6) is 0 Å². The quantitative estimate of drug-likeness (QED) is 0.535. The molecule has 1 aromatic rings. The fourth-order valence-electron chi connectivity index (χ4n) is 1.53. The molecule has 1 amide bonds. The van der Waals surface area contributed by atoms with E-state index in [2.05, 4.69) is 22.3 Å². The van der Waals surface area contributed by atoms with Gasteiger partial charge in [-0.05, 0) is 0 Å². The highest BCUT2D eigenvalue weighted by atomic mass is 32.1. The van der Waals surface area contributed by atoms with Gasteiger partial charge in [-0.25, -0.2) is 9.67 Å². The number of hydrogen-bond acceptors (Lipinski definition) is 7. The first-order chi connectivity index (χ1) is 8.04. The molecule has 4 atom stereocenters. The summed E-state index contributed by atoms with van der Waals surface area (Å²) >= 11 is 4.65. The molecule has 8 nitrogen and oxygen atoms in total. The molecule has 1 saturated heterocycles. The lowest BCUT2D eigenvalue weighted by Gasteiger charge is -2.13. The van der Waals surface area contributed by atoms with Gasteiger partial charge >= 0.3 is 0 Å². The van der Waals surface area contributed by atoms with Gasteiger partial charge in [-0.3, -0.25) is 4.79 Å². The molecule has 1 aliphatic heterocycles. The molecule has 0 radical (unpaired) electrons. The van der Waals surface area contributed by atoms with Crippen molar-refractivity contribution < 1.29 is 19.7 Å². The fourth-order valence-corrected chi connectivity index (χ4v) is 1.75. The van der Waals surface area contributed by atoms with Crippen LogP contribution in [0.25, 0.3) is 0 Å². The normalized spacial score (nSPS) is 32.6. The van der Waals surface area contributed by atoms with Crippen LogP contribution in [0.2, 0.25) is 0 Å². The first kappa shape index (κ1) is 12.0. The minimum atomic E-state index is -1.21. The summed E-state index contributed by atoms with van der Waals surface area (Å²) in [7, 11) is 0. The average Bonchev–Trinajstić information content (AvgIpc) is 2.87. The molecule has 1 fully saturated rings. The molecule has 4 N–H and O–H groups in total. The van der Waals surface area contributed by atoms with E-state index < -0.39 is 30.4 Å². The summed E-state index contributed by atoms with van der Waals surface area (Å²) in [6.45, 7) is 0. The van der Waals surface area contributed by atoms with E-state index in [-0.39, 0.29) is 5.82 Å². The highest BCUT2D eigenvalue weighted by molar-refractivity contribution is 7.79. The Morgan fingerprint density at radius 1 is 1.59 bits per heavy atom. The monoisotopic (exact) mass is 258 g/mol. The van der Waals surface area contributed by atoms with Crippen LogP contribution in [0.1, 0.15) is 16.8 Å². The van der Waals surface area contributed by atoms with Gasteiger partial charge in [0.2, 0.25) is 5.82 Å². The first-order valence-electron chi connectivity index (χ1n) is 4.72. The molecular weight excluding hydrogens is 248 g/mol. The predicted octanol–water partition coefficient (Wildman–Crippen LogP) is -2.00. The van der Waals surface area contributed by atoms with Crippen molar-refractivity contribution in [1.29, 1.82) is 0 Å². The third kappa shape index (κ3) is 2.05. The smallest absolute Gasteiger partial charge is 0.288 e. The predicted molar refractivity (Wildman–Crippen MR) is 58.1 cm³/mol. The summed E-state index contributed by atoms with van der Waals surface area (Å²) in [6.07, 6.45) is -2.88. The summed E-state index contributed by atoms with van der Waals surface area (Å²) in [4.78, 5) is 14.4. The minimum Gasteiger partial charge on any atom is -0.387 e. The maximum atomic E-state index is 10.8. The van der Waals surface area contributed by atoms with Crippen molar-refractivity contribution in [3.05, 3.63) is 12.2 Å². The van der Waals surface area contributed by atoms with Gasteiger partial charge in [0.05, 0.1) is 0 Å². The molecule has 2 rings (SSSR count). The zero-order valence-corrected chi connectivity index (χ0v) is 9.32. The van der Waals surface area contributed by atoms with Gasteiger partial charge in [0.25, 0.3) is 5.91 Å². The van der Waals surface area contributed by atoms with Crippen molar-refractivity contribution in [3.8, 4) is 0 Å². The highest BCUT2D eigenvalue weighted by Crippen LogP contribution is 2.27. The second-order valence-electron chi connectivity index (χ2n) is 3.52. The average molecular weight is 258 g/mol. The van der Waals surface area contributed by atoms with Crippen molar-refractivity contribution in [1.82, 2.24) is 14.8 Å². The van der Waals surface area contributed by atoms with E-state index >= 15 is 0 Å². The molecule has 1 aliphatic rings. The molecule has 0 aliphatic carbocycles. The largest absolute Gasteiger partial charge is 0.387 e. The van der Waals surface area contributed by atoms with Crippen LogP contribution >= 0.6 is 12.2 Å². The Morgan fingerprint density at radius 2 is 2.29 bits per heavy atom. The maximum absolute atomic E-state index is 10.8. The van der Waals surface area contributed by atoms with Crippen LogP contribution in [0.4, 0.5) is 0 Å². The van der Waals surface area contributed by atoms with Crippen molar-refractivity contribution in [2.45, 2.75) is 24.5 Å². The molecule has 0 spiro atoms. The van der Waals surface area contributed by atoms with Crippen LogP contribution in [0, 0.1) is 0 Å². The number of hydrogen-bond donors (Lipinski definition) is 3.